The van der Waals surface area contributed by atoms with Gasteiger partial charge in [-0.2, -0.15) is 0 Å². The van der Waals surface area contributed by atoms with Gasteiger partial charge in [-0.1, -0.05) is 6.07 Å². The van der Waals surface area contributed by atoms with Gasteiger partial charge in [0.15, 0.2) is 5.82 Å². The van der Waals surface area contributed by atoms with Crippen molar-refractivity contribution in [3.05, 3.63) is 70.8 Å². The first-order valence-corrected chi connectivity index (χ1v) is 11.1. The predicted molar refractivity (Wildman–Crippen MR) is 131 cm³/mol. The number of piperazine rings is 1. The van der Waals surface area contributed by atoms with Crippen molar-refractivity contribution in [3.63, 3.8) is 0 Å². The van der Waals surface area contributed by atoms with E-state index in [1.165, 1.54) is 16.7 Å². The third-order valence-corrected chi connectivity index (χ3v) is 6.29. The Morgan fingerprint density at radius 3 is 2.06 bits per heavy atom. The Bertz CT molecular complexity index is 1100. The van der Waals surface area contributed by atoms with E-state index in [2.05, 4.69) is 48.0 Å². The third kappa shape index (κ3) is 4.44. The Hall–Kier alpha value is -3.41. The van der Waals surface area contributed by atoms with Crippen LogP contribution in [0, 0.1) is 20.8 Å². The lowest BCUT2D eigenvalue weighted by Gasteiger charge is -2.35. The van der Waals surface area contributed by atoms with Crippen LogP contribution in [-0.2, 0) is 0 Å². The molecule has 0 unspecified atom stereocenters. The number of hydrogen-bond donors (Lipinski definition) is 0. The fourth-order valence-corrected chi connectivity index (χ4v) is 4.10. The van der Waals surface area contributed by atoms with E-state index >= 15 is 0 Å². The predicted octanol–water partition coefficient (Wildman–Crippen LogP) is 4.10. The van der Waals surface area contributed by atoms with Gasteiger partial charge >= 0.3 is 0 Å². The summed E-state index contributed by atoms with van der Waals surface area (Å²) in [5, 5.41) is 9.00. The standard InChI is InChI=1S/C26H31N5O/c1-18-16-20(3)23(17-19(18)2)24-10-11-25(28-27-24)30-12-14-31(15-13-30)26(32)21-6-8-22(9-7-21)29(4)5/h6-11,16-17H,12-15H2,1-5H3. The molecular weight excluding hydrogens is 398 g/mol. The molecule has 6 nitrogen and oxygen atoms in total. The molecule has 2 aromatic carbocycles. The molecule has 0 radical (unpaired) electrons. The lowest BCUT2D eigenvalue weighted by molar-refractivity contribution is 0.0746. The summed E-state index contributed by atoms with van der Waals surface area (Å²) in [6.07, 6.45) is 0. The molecule has 32 heavy (non-hydrogen) atoms. The Balaban J connectivity index is 1.40. The van der Waals surface area contributed by atoms with Crippen LogP contribution in [0.3, 0.4) is 0 Å². The number of amides is 1. The summed E-state index contributed by atoms with van der Waals surface area (Å²) in [5.41, 5.74) is 7.60. The Labute approximate surface area is 190 Å². The average molecular weight is 430 g/mol. The van der Waals surface area contributed by atoms with Crippen LogP contribution >= 0.6 is 0 Å². The molecule has 0 saturated carbocycles. The maximum atomic E-state index is 12.9. The summed E-state index contributed by atoms with van der Waals surface area (Å²) < 4.78 is 0. The SMILES string of the molecule is Cc1cc(C)c(-c2ccc(N3CCN(C(=O)c4ccc(N(C)C)cc4)CC3)nn2)cc1C. The second-order valence-electron chi connectivity index (χ2n) is 8.75. The summed E-state index contributed by atoms with van der Waals surface area (Å²) in [6.45, 7) is 9.21. The molecule has 0 N–H and O–H groups in total. The minimum Gasteiger partial charge on any atom is -0.378 e. The molecule has 4 rings (SSSR count). The highest BCUT2D eigenvalue weighted by molar-refractivity contribution is 5.94. The molecule has 1 saturated heterocycles. The number of benzene rings is 2. The first-order chi connectivity index (χ1) is 15.3. The zero-order valence-electron chi connectivity index (χ0n) is 19.6. The average Bonchev–Trinajstić information content (AvgIpc) is 2.81. The van der Waals surface area contributed by atoms with Crippen LogP contribution in [0.25, 0.3) is 11.3 Å². The van der Waals surface area contributed by atoms with Crippen LogP contribution in [0.2, 0.25) is 0 Å². The molecule has 166 valence electrons. The van der Waals surface area contributed by atoms with Gasteiger partial charge in [0.1, 0.15) is 0 Å². The molecule has 1 fully saturated rings. The summed E-state index contributed by atoms with van der Waals surface area (Å²) in [7, 11) is 3.99. The zero-order chi connectivity index (χ0) is 22.8. The summed E-state index contributed by atoms with van der Waals surface area (Å²) >= 11 is 0. The van der Waals surface area contributed by atoms with Gasteiger partial charge in [-0.25, -0.2) is 0 Å². The molecule has 1 aromatic heterocycles. The molecule has 2 heterocycles. The first-order valence-electron chi connectivity index (χ1n) is 11.1. The summed E-state index contributed by atoms with van der Waals surface area (Å²) in [5.74, 6) is 0.944. The van der Waals surface area contributed by atoms with Crippen molar-refractivity contribution in [2.75, 3.05) is 50.1 Å². The van der Waals surface area contributed by atoms with Gasteiger partial charge in [-0.05, 0) is 79.9 Å². The van der Waals surface area contributed by atoms with Crippen LogP contribution in [0.4, 0.5) is 11.5 Å². The molecule has 1 aliphatic heterocycles. The Kier molecular flexibility index (Phi) is 6.12. The highest BCUT2D eigenvalue weighted by atomic mass is 16.2. The van der Waals surface area contributed by atoms with Gasteiger partial charge in [0.25, 0.3) is 5.91 Å². The van der Waals surface area contributed by atoms with E-state index in [1.54, 1.807) is 0 Å². The fourth-order valence-electron chi connectivity index (χ4n) is 4.10. The van der Waals surface area contributed by atoms with E-state index in [0.717, 1.165) is 41.4 Å². The minimum absolute atomic E-state index is 0.0848. The number of aromatic nitrogens is 2. The van der Waals surface area contributed by atoms with Gasteiger partial charge in [-0.15, -0.1) is 10.2 Å². The second kappa shape index (κ2) is 8.99. The molecule has 0 spiro atoms. The monoisotopic (exact) mass is 429 g/mol. The third-order valence-electron chi connectivity index (χ3n) is 6.29. The molecule has 0 aliphatic carbocycles. The molecule has 3 aromatic rings. The molecule has 1 aliphatic rings. The van der Waals surface area contributed by atoms with Crippen molar-refractivity contribution in [2.45, 2.75) is 20.8 Å². The second-order valence-corrected chi connectivity index (χ2v) is 8.75. The smallest absolute Gasteiger partial charge is 0.253 e. The van der Waals surface area contributed by atoms with Crippen molar-refractivity contribution < 1.29 is 4.79 Å². The number of nitrogens with zero attached hydrogens (tertiary/aromatic N) is 5. The van der Waals surface area contributed by atoms with Crippen molar-refractivity contribution in [3.8, 4) is 11.3 Å². The number of carbonyl (C=O) groups excluding carboxylic acids is 1. The fraction of sp³-hybridized carbons (Fsp3) is 0.346. The number of anilines is 2. The molecular formula is C26H31N5O. The van der Waals surface area contributed by atoms with E-state index in [-0.39, 0.29) is 5.91 Å². The van der Waals surface area contributed by atoms with Crippen LogP contribution in [0.5, 0.6) is 0 Å². The van der Waals surface area contributed by atoms with Crippen molar-refractivity contribution in [2.24, 2.45) is 0 Å². The van der Waals surface area contributed by atoms with Crippen LogP contribution in [0.1, 0.15) is 27.0 Å². The number of carbonyl (C=O) groups is 1. The Morgan fingerprint density at radius 1 is 0.812 bits per heavy atom. The minimum atomic E-state index is 0.0848. The van der Waals surface area contributed by atoms with Gasteiger partial charge in [0.05, 0.1) is 5.69 Å². The van der Waals surface area contributed by atoms with Crippen molar-refractivity contribution in [1.82, 2.24) is 15.1 Å². The van der Waals surface area contributed by atoms with Crippen molar-refractivity contribution in [1.29, 1.82) is 0 Å². The van der Waals surface area contributed by atoms with Gasteiger partial charge in [-0.3, -0.25) is 4.79 Å². The van der Waals surface area contributed by atoms with Crippen LogP contribution in [-0.4, -0.2) is 61.3 Å². The summed E-state index contributed by atoms with van der Waals surface area (Å²) in [4.78, 5) is 19.0. The van der Waals surface area contributed by atoms with E-state index in [0.29, 0.717) is 13.1 Å². The normalized spacial score (nSPS) is 13.9. The Morgan fingerprint density at radius 2 is 1.47 bits per heavy atom. The maximum Gasteiger partial charge on any atom is 0.253 e. The van der Waals surface area contributed by atoms with Crippen LogP contribution in [0.15, 0.2) is 48.5 Å². The first kappa shape index (κ1) is 21.8. The van der Waals surface area contributed by atoms with E-state index < -0.39 is 0 Å². The molecule has 1 amide bonds. The lowest BCUT2D eigenvalue weighted by Crippen LogP contribution is -2.49. The lowest BCUT2D eigenvalue weighted by atomic mass is 9.99. The molecule has 6 heteroatoms. The van der Waals surface area contributed by atoms with Gasteiger partial charge in [0.2, 0.25) is 0 Å². The molecule has 0 bridgehead atoms. The zero-order valence-corrected chi connectivity index (χ0v) is 19.6. The quantitative estimate of drug-likeness (QED) is 0.625. The highest BCUT2D eigenvalue weighted by Crippen LogP contribution is 2.26. The largest absolute Gasteiger partial charge is 0.378 e. The van der Waals surface area contributed by atoms with E-state index in [4.69, 9.17) is 0 Å². The van der Waals surface area contributed by atoms with E-state index in [9.17, 15) is 4.79 Å². The van der Waals surface area contributed by atoms with Crippen molar-refractivity contribution >= 4 is 17.4 Å². The maximum absolute atomic E-state index is 12.9. The molecule has 0 atom stereocenters. The highest BCUT2D eigenvalue weighted by Gasteiger charge is 2.23. The van der Waals surface area contributed by atoms with E-state index in [1.807, 2.05) is 60.3 Å². The van der Waals surface area contributed by atoms with Crippen LogP contribution < -0.4 is 9.80 Å². The number of rotatable bonds is 4. The topological polar surface area (TPSA) is 52.6 Å². The summed E-state index contributed by atoms with van der Waals surface area (Å²) in [6, 6.07) is 16.2. The number of aryl methyl sites for hydroxylation is 3. The van der Waals surface area contributed by atoms with Gasteiger partial charge < -0.3 is 14.7 Å². The number of hydrogen-bond acceptors (Lipinski definition) is 5. The van der Waals surface area contributed by atoms with Gasteiger partial charge in [0, 0.05) is 57.1 Å².